The van der Waals surface area contributed by atoms with Crippen molar-refractivity contribution in [2.45, 2.75) is 24.6 Å². The van der Waals surface area contributed by atoms with Crippen LogP contribution in [0.2, 0.25) is 0 Å². The summed E-state index contributed by atoms with van der Waals surface area (Å²) in [6.45, 7) is 0. The molecule has 2 aromatic carbocycles. The van der Waals surface area contributed by atoms with Crippen LogP contribution in [0, 0.1) is 5.92 Å². The van der Waals surface area contributed by atoms with Crippen molar-refractivity contribution in [3.8, 4) is 0 Å². The van der Waals surface area contributed by atoms with Gasteiger partial charge in [-0.1, -0.05) is 42.5 Å². The van der Waals surface area contributed by atoms with Crippen molar-refractivity contribution in [3.05, 3.63) is 75.8 Å². The molecule has 0 spiro atoms. The highest BCUT2D eigenvalue weighted by molar-refractivity contribution is 9.10. The van der Waals surface area contributed by atoms with E-state index in [1.54, 1.807) is 12.1 Å². The van der Waals surface area contributed by atoms with Gasteiger partial charge in [-0.3, -0.25) is 0 Å². The van der Waals surface area contributed by atoms with Crippen LogP contribution in [0.3, 0.4) is 0 Å². The van der Waals surface area contributed by atoms with E-state index in [4.69, 9.17) is 0 Å². The predicted molar refractivity (Wildman–Crippen MR) is 91.9 cm³/mol. The van der Waals surface area contributed by atoms with Crippen molar-refractivity contribution >= 4 is 21.6 Å². The first-order chi connectivity index (χ1) is 11.5. The minimum atomic E-state index is -4.35. The number of benzene rings is 2. The average Bonchev–Trinajstić information content (AvgIpc) is 3.04. The lowest BCUT2D eigenvalue weighted by Gasteiger charge is -2.38. The second-order valence-corrected chi connectivity index (χ2v) is 7.12. The molecule has 124 valence electrons. The number of fused-ring (bicyclic) bond motifs is 3. The van der Waals surface area contributed by atoms with Gasteiger partial charge < -0.3 is 5.32 Å². The zero-order valence-corrected chi connectivity index (χ0v) is 14.2. The smallest absolute Gasteiger partial charge is 0.377 e. The van der Waals surface area contributed by atoms with Crippen LogP contribution in [-0.4, -0.2) is 0 Å². The van der Waals surface area contributed by atoms with Crippen LogP contribution < -0.4 is 5.32 Å². The summed E-state index contributed by atoms with van der Waals surface area (Å²) in [7, 11) is 0. The minimum absolute atomic E-state index is 0.0929. The zero-order chi connectivity index (χ0) is 16.9. The van der Waals surface area contributed by atoms with Gasteiger partial charge in [-0.25, -0.2) is 0 Å². The Morgan fingerprint density at radius 2 is 1.75 bits per heavy atom. The summed E-state index contributed by atoms with van der Waals surface area (Å²) in [6, 6.07) is 11.5. The first kappa shape index (κ1) is 15.8. The molecule has 1 N–H and O–H groups in total. The van der Waals surface area contributed by atoms with Gasteiger partial charge >= 0.3 is 6.18 Å². The van der Waals surface area contributed by atoms with Gasteiger partial charge in [-0.2, -0.15) is 13.2 Å². The third-order valence-corrected chi connectivity index (χ3v) is 5.61. The third-order valence-electron chi connectivity index (χ3n) is 4.95. The molecule has 1 aliphatic heterocycles. The largest absolute Gasteiger partial charge is 0.416 e. The molecular formula is C19H15BrF3N. The third kappa shape index (κ3) is 2.46. The van der Waals surface area contributed by atoms with Gasteiger partial charge in [-0.15, -0.1) is 0 Å². The quantitative estimate of drug-likeness (QED) is 0.561. The lowest BCUT2D eigenvalue weighted by Crippen LogP contribution is -2.31. The zero-order valence-electron chi connectivity index (χ0n) is 12.6. The van der Waals surface area contributed by atoms with Crippen LogP contribution in [0.1, 0.15) is 35.1 Å². The Morgan fingerprint density at radius 1 is 1.00 bits per heavy atom. The van der Waals surface area contributed by atoms with Gasteiger partial charge in [0.1, 0.15) is 0 Å². The molecule has 1 heterocycles. The second kappa shape index (κ2) is 5.66. The normalized spacial score (nSPS) is 25.1. The molecule has 4 rings (SSSR count). The fourth-order valence-corrected chi connectivity index (χ4v) is 4.41. The molecule has 0 saturated carbocycles. The maximum atomic E-state index is 13.5. The monoisotopic (exact) mass is 393 g/mol. The summed E-state index contributed by atoms with van der Waals surface area (Å²) in [5.41, 5.74) is 1.81. The Morgan fingerprint density at radius 3 is 2.54 bits per heavy atom. The number of anilines is 1. The number of hydrogen-bond acceptors (Lipinski definition) is 1. The summed E-state index contributed by atoms with van der Waals surface area (Å²) in [6.07, 6.45) is 0.630. The van der Waals surface area contributed by atoms with Crippen LogP contribution in [0.4, 0.5) is 18.9 Å². The molecular weight excluding hydrogens is 379 g/mol. The lowest BCUT2D eigenvalue weighted by molar-refractivity contribution is -0.138. The predicted octanol–water partition coefficient (Wildman–Crippen LogP) is 6.29. The van der Waals surface area contributed by atoms with Gasteiger partial charge in [0.2, 0.25) is 0 Å². The van der Waals surface area contributed by atoms with Crippen molar-refractivity contribution in [3.63, 3.8) is 0 Å². The number of allylic oxidation sites excluding steroid dienone is 2. The number of alkyl halides is 3. The topological polar surface area (TPSA) is 12.0 Å². The molecule has 0 saturated heterocycles. The molecule has 5 heteroatoms. The average molecular weight is 394 g/mol. The fraction of sp³-hybridized carbons (Fsp3) is 0.263. The van der Waals surface area contributed by atoms with Crippen molar-refractivity contribution in [2.24, 2.45) is 5.92 Å². The van der Waals surface area contributed by atoms with Crippen LogP contribution in [0.5, 0.6) is 0 Å². The van der Waals surface area contributed by atoms with Crippen molar-refractivity contribution in [1.29, 1.82) is 0 Å². The number of hydrogen-bond donors (Lipinski definition) is 1. The van der Waals surface area contributed by atoms with E-state index >= 15 is 0 Å². The first-order valence-electron chi connectivity index (χ1n) is 7.84. The van der Waals surface area contributed by atoms with E-state index in [-0.39, 0.29) is 17.9 Å². The van der Waals surface area contributed by atoms with E-state index in [2.05, 4.69) is 33.4 Å². The summed E-state index contributed by atoms with van der Waals surface area (Å²) in [5, 5.41) is 3.38. The van der Waals surface area contributed by atoms with Gasteiger partial charge in [0, 0.05) is 10.4 Å². The Bertz CT molecular complexity index is 812. The van der Waals surface area contributed by atoms with Crippen molar-refractivity contribution in [2.75, 3.05) is 5.32 Å². The summed E-state index contributed by atoms with van der Waals surface area (Å²) in [5.74, 6) is 0.236. The van der Waals surface area contributed by atoms with Crippen molar-refractivity contribution < 1.29 is 13.2 Å². The van der Waals surface area contributed by atoms with E-state index in [1.807, 2.05) is 18.2 Å². The van der Waals surface area contributed by atoms with E-state index in [0.29, 0.717) is 5.56 Å². The SMILES string of the molecule is FC(F)(F)c1ccccc1C1Nc2c(Br)cccc2C2C=CCC21. The minimum Gasteiger partial charge on any atom is -0.377 e. The molecule has 2 aliphatic rings. The molecule has 0 aromatic heterocycles. The maximum absolute atomic E-state index is 13.5. The standard InChI is InChI=1S/C19H15BrF3N/c20-16-10-4-8-13-11-6-3-7-12(11)17(24-18(13)16)14-5-1-2-9-15(14)19(21,22)23/h1-6,8-12,17,24H,7H2. The molecule has 2 aromatic rings. The molecule has 0 bridgehead atoms. The summed E-state index contributed by atoms with van der Waals surface area (Å²) in [4.78, 5) is 0. The Balaban J connectivity index is 1.85. The summed E-state index contributed by atoms with van der Waals surface area (Å²) >= 11 is 3.53. The maximum Gasteiger partial charge on any atom is 0.416 e. The molecule has 0 radical (unpaired) electrons. The Hall–Kier alpha value is -1.75. The van der Waals surface area contributed by atoms with Crippen LogP contribution in [-0.2, 0) is 6.18 Å². The first-order valence-corrected chi connectivity index (χ1v) is 8.64. The molecule has 3 unspecified atom stereocenters. The molecule has 3 atom stereocenters. The van der Waals surface area contributed by atoms with Gasteiger partial charge in [0.25, 0.3) is 0 Å². The molecule has 1 nitrogen and oxygen atoms in total. The molecule has 1 aliphatic carbocycles. The second-order valence-electron chi connectivity index (χ2n) is 6.26. The lowest BCUT2D eigenvalue weighted by atomic mass is 9.76. The van der Waals surface area contributed by atoms with Crippen LogP contribution in [0.15, 0.2) is 59.1 Å². The fourth-order valence-electron chi connectivity index (χ4n) is 3.92. The molecule has 0 fully saturated rings. The summed E-state index contributed by atoms with van der Waals surface area (Å²) < 4.78 is 41.3. The molecule has 0 amide bonds. The van der Waals surface area contributed by atoms with E-state index < -0.39 is 11.7 Å². The highest BCUT2D eigenvalue weighted by atomic mass is 79.9. The van der Waals surface area contributed by atoms with E-state index in [0.717, 1.165) is 22.1 Å². The highest BCUT2D eigenvalue weighted by Gasteiger charge is 2.42. The van der Waals surface area contributed by atoms with Crippen LogP contribution in [0.25, 0.3) is 0 Å². The van der Waals surface area contributed by atoms with Gasteiger partial charge in [0.15, 0.2) is 0 Å². The van der Waals surface area contributed by atoms with Crippen molar-refractivity contribution in [1.82, 2.24) is 0 Å². The number of nitrogens with one attached hydrogen (secondary N) is 1. The van der Waals surface area contributed by atoms with Crippen LogP contribution >= 0.6 is 15.9 Å². The number of para-hydroxylation sites is 1. The highest BCUT2D eigenvalue weighted by Crippen LogP contribution is 2.52. The Kier molecular flexibility index (Phi) is 3.71. The van der Waals surface area contributed by atoms with Gasteiger partial charge in [-0.05, 0) is 51.5 Å². The van der Waals surface area contributed by atoms with Gasteiger partial charge in [0.05, 0.1) is 17.3 Å². The number of rotatable bonds is 1. The molecule has 24 heavy (non-hydrogen) atoms. The van der Waals surface area contributed by atoms with E-state index in [1.165, 1.54) is 12.1 Å². The Labute approximate surface area is 146 Å². The van der Waals surface area contributed by atoms with E-state index in [9.17, 15) is 13.2 Å². The number of halogens is 4.